The number of ether oxygens (including phenoxy) is 1. The highest BCUT2D eigenvalue weighted by Gasteiger charge is 2.17. The van der Waals surface area contributed by atoms with Crippen LogP contribution in [0.2, 0.25) is 0 Å². The summed E-state index contributed by atoms with van der Waals surface area (Å²) in [6, 6.07) is 13.5. The predicted octanol–water partition coefficient (Wildman–Crippen LogP) is 5.04. The fraction of sp³-hybridized carbons (Fsp3) is 0.333. The highest BCUT2D eigenvalue weighted by atomic mass is 19.3. The molecule has 0 spiro atoms. The van der Waals surface area contributed by atoms with Crippen molar-refractivity contribution in [1.82, 2.24) is 24.9 Å². The van der Waals surface area contributed by atoms with Gasteiger partial charge >= 0.3 is 6.61 Å². The molecule has 7 nitrogen and oxygen atoms in total. The van der Waals surface area contributed by atoms with Crippen molar-refractivity contribution in [2.45, 2.75) is 38.8 Å². The zero-order valence-corrected chi connectivity index (χ0v) is 20.0. The average Bonchev–Trinajstić information content (AvgIpc) is 3.24. The van der Waals surface area contributed by atoms with Crippen LogP contribution in [0.15, 0.2) is 54.7 Å². The molecule has 0 bridgehead atoms. The topological polar surface area (TPSA) is 73.1 Å². The summed E-state index contributed by atoms with van der Waals surface area (Å²) in [5, 5.41) is 13.9. The lowest BCUT2D eigenvalue weighted by Crippen LogP contribution is -2.30. The Bertz CT molecular complexity index is 1360. The number of benzene rings is 2. The molecule has 2 aromatic carbocycles. The van der Waals surface area contributed by atoms with Crippen LogP contribution >= 0.6 is 0 Å². The van der Waals surface area contributed by atoms with E-state index >= 15 is 0 Å². The summed E-state index contributed by atoms with van der Waals surface area (Å²) in [5.74, 6) is -0.172. The van der Waals surface area contributed by atoms with Crippen LogP contribution in [-0.4, -0.2) is 50.4 Å². The van der Waals surface area contributed by atoms with E-state index in [0.717, 1.165) is 41.7 Å². The number of likely N-dealkylation sites (tertiary alicyclic amines) is 1. The number of aryl methyl sites for hydroxylation is 1. The van der Waals surface area contributed by atoms with Crippen molar-refractivity contribution >= 4 is 16.7 Å². The van der Waals surface area contributed by atoms with E-state index in [9.17, 15) is 13.6 Å². The van der Waals surface area contributed by atoms with Gasteiger partial charge in [0.1, 0.15) is 5.75 Å². The Hall–Kier alpha value is -3.72. The normalized spacial score (nSPS) is 14.4. The van der Waals surface area contributed by atoms with Gasteiger partial charge in [0.25, 0.3) is 0 Å². The van der Waals surface area contributed by atoms with Crippen LogP contribution in [0.25, 0.3) is 22.0 Å². The Labute approximate surface area is 207 Å². The maximum absolute atomic E-state index is 12.7. The zero-order chi connectivity index (χ0) is 25.1. The van der Waals surface area contributed by atoms with E-state index in [1.807, 2.05) is 36.1 Å². The highest BCUT2D eigenvalue weighted by molar-refractivity contribution is 5.97. The first-order valence-corrected chi connectivity index (χ1v) is 12.0. The van der Waals surface area contributed by atoms with Gasteiger partial charge in [-0.15, -0.1) is 0 Å². The summed E-state index contributed by atoms with van der Waals surface area (Å²) < 4.78 is 31.0. The third-order valence-corrected chi connectivity index (χ3v) is 6.57. The standard InChI is InChI=1S/C27H27F2N5O2/c1-33-25(17-34-11-3-2-4-12-34)23(16-30-33)19-7-10-24-20(13-19)14-21(31-32-24)15-26(35)18-5-8-22(9-6-18)36-27(28)29/h5-10,13-14,16,27H,2-4,11-12,15,17H2,1H3. The molecule has 0 radical (unpaired) electrons. The molecule has 0 saturated carbocycles. The van der Waals surface area contributed by atoms with Crippen LogP contribution in [0, 0.1) is 0 Å². The maximum Gasteiger partial charge on any atom is 0.387 e. The fourth-order valence-electron chi connectivity index (χ4n) is 4.65. The Morgan fingerprint density at radius 1 is 1.03 bits per heavy atom. The molecule has 1 aliphatic heterocycles. The lowest BCUT2D eigenvalue weighted by Gasteiger charge is -2.26. The smallest absolute Gasteiger partial charge is 0.387 e. The van der Waals surface area contributed by atoms with Gasteiger partial charge in [0.15, 0.2) is 5.78 Å². The summed E-state index contributed by atoms with van der Waals surface area (Å²) in [5.41, 5.74) is 4.98. The molecule has 0 unspecified atom stereocenters. The number of carbonyl (C=O) groups excluding carboxylic acids is 1. The third-order valence-electron chi connectivity index (χ3n) is 6.57. The minimum atomic E-state index is -2.91. The molecular weight excluding hydrogens is 464 g/mol. The van der Waals surface area contributed by atoms with Gasteiger partial charge in [-0.2, -0.15) is 24.1 Å². The molecule has 186 valence electrons. The number of nitrogens with zero attached hydrogens (tertiary/aromatic N) is 5. The second kappa shape index (κ2) is 10.5. The van der Waals surface area contributed by atoms with E-state index in [1.54, 1.807) is 0 Å². The molecule has 9 heteroatoms. The fourth-order valence-corrected chi connectivity index (χ4v) is 4.65. The molecule has 0 amide bonds. The lowest BCUT2D eigenvalue weighted by atomic mass is 10.0. The van der Waals surface area contributed by atoms with Crippen LogP contribution in [0.4, 0.5) is 8.78 Å². The van der Waals surface area contributed by atoms with E-state index in [-0.39, 0.29) is 18.0 Å². The number of fused-ring (bicyclic) bond motifs is 1. The van der Waals surface area contributed by atoms with E-state index < -0.39 is 6.61 Å². The summed E-state index contributed by atoms with van der Waals surface area (Å²) >= 11 is 0. The van der Waals surface area contributed by atoms with Gasteiger partial charge in [-0.25, -0.2) is 0 Å². The number of Topliss-reactive ketones (excluding diaryl/α,β-unsaturated/α-hetero) is 1. The van der Waals surface area contributed by atoms with Gasteiger partial charge in [0, 0.05) is 30.1 Å². The SMILES string of the molecule is Cn1ncc(-c2ccc3nnc(CC(=O)c4ccc(OC(F)F)cc4)cc3c2)c1CN1CCCCC1. The number of halogens is 2. The molecule has 36 heavy (non-hydrogen) atoms. The molecule has 0 N–H and O–H groups in total. The van der Waals surface area contributed by atoms with Crippen molar-refractivity contribution in [3.05, 3.63) is 71.7 Å². The largest absolute Gasteiger partial charge is 0.435 e. The molecule has 2 aromatic heterocycles. The highest BCUT2D eigenvalue weighted by Crippen LogP contribution is 2.28. The number of alkyl halides is 2. The van der Waals surface area contributed by atoms with Gasteiger partial charge < -0.3 is 4.74 Å². The monoisotopic (exact) mass is 491 g/mol. The number of hydrogen-bond donors (Lipinski definition) is 0. The Balaban J connectivity index is 1.36. The van der Waals surface area contributed by atoms with Crippen molar-refractivity contribution in [3.8, 4) is 16.9 Å². The Kier molecular flexibility index (Phi) is 6.99. The molecule has 3 heterocycles. The first kappa shape index (κ1) is 24.0. The minimum Gasteiger partial charge on any atom is -0.435 e. The molecular formula is C27H27F2N5O2. The average molecular weight is 492 g/mol. The van der Waals surface area contributed by atoms with Gasteiger partial charge in [-0.05, 0) is 74.0 Å². The zero-order valence-electron chi connectivity index (χ0n) is 20.0. The van der Waals surface area contributed by atoms with Gasteiger partial charge in [0.05, 0.1) is 29.5 Å². The summed E-state index contributed by atoms with van der Waals surface area (Å²) in [7, 11) is 1.98. The first-order valence-electron chi connectivity index (χ1n) is 12.0. The van der Waals surface area contributed by atoms with Crippen molar-refractivity contribution in [2.24, 2.45) is 7.05 Å². The van der Waals surface area contributed by atoms with E-state index in [2.05, 4.69) is 31.0 Å². The van der Waals surface area contributed by atoms with Gasteiger partial charge in [-0.1, -0.05) is 12.5 Å². The molecule has 1 aliphatic rings. The Morgan fingerprint density at radius 3 is 2.56 bits per heavy atom. The molecule has 1 fully saturated rings. The number of aromatic nitrogens is 4. The van der Waals surface area contributed by atoms with Gasteiger partial charge in [0.2, 0.25) is 0 Å². The van der Waals surface area contributed by atoms with E-state index in [4.69, 9.17) is 0 Å². The maximum atomic E-state index is 12.7. The van der Waals surface area contributed by atoms with Crippen LogP contribution in [0.1, 0.15) is 41.0 Å². The number of hydrogen-bond acceptors (Lipinski definition) is 6. The van der Waals surface area contributed by atoms with Crippen molar-refractivity contribution in [3.63, 3.8) is 0 Å². The van der Waals surface area contributed by atoms with Crippen LogP contribution in [-0.2, 0) is 20.0 Å². The minimum absolute atomic E-state index is 0.00892. The number of rotatable bonds is 8. The van der Waals surface area contributed by atoms with Crippen molar-refractivity contribution in [2.75, 3.05) is 13.1 Å². The Morgan fingerprint density at radius 2 is 1.81 bits per heavy atom. The third kappa shape index (κ3) is 5.41. The summed E-state index contributed by atoms with van der Waals surface area (Å²) in [6.07, 6.45) is 5.72. The van der Waals surface area contributed by atoms with Crippen LogP contribution in [0.5, 0.6) is 5.75 Å². The second-order valence-electron chi connectivity index (χ2n) is 9.08. The van der Waals surface area contributed by atoms with Crippen LogP contribution < -0.4 is 4.74 Å². The first-order chi connectivity index (χ1) is 17.5. The van der Waals surface area contributed by atoms with E-state index in [1.165, 1.54) is 49.2 Å². The summed E-state index contributed by atoms with van der Waals surface area (Å²) in [4.78, 5) is 15.2. The molecule has 1 saturated heterocycles. The second-order valence-corrected chi connectivity index (χ2v) is 9.08. The molecule has 4 aromatic rings. The predicted molar refractivity (Wildman–Crippen MR) is 132 cm³/mol. The number of carbonyl (C=O) groups is 1. The van der Waals surface area contributed by atoms with Gasteiger partial charge in [-0.3, -0.25) is 14.4 Å². The molecule has 0 atom stereocenters. The quantitative estimate of drug-likeness (QED) is 0.322. The summed E-state index contributed by atoms with van der Waals surface area (Å²) in [6.45, 7) is 0.172. The number of ketones is 1. The van der Waals surface area contributed by atoms with E-state index in [0.29, 0.717) is 11.3 Å². The lowest BCUT2D eigenvalue weighted by molar-refractivity contribution is -0.0498. The molecule has 0 aliphatic carbocycles. The number of piperidine rings is 1. The van der Waals surface area contributed by atoms with Crippen molar-refractivity contribution in [1.29, 1.82) is 0 Å². The van der Waals surface area contributed by atoms with Crippen molar-refractivity contribution < 1.29 is 18.3 Å². The molecule has 5 rings (SSSR count). The van der Waals surface area contributed by atoms with Crippen LogP contribution in [0.3, 0.4) is 0 Å².